The van der Waals surface area contributed by atoms with E-state index in [-0.39, 0.29) is 0 Å². The minimum atomic E-state index is 0.334. The average molecular weight is 309 g/mol. The molecule has 4 rings (SSSR count). The Kier molecular flexibility index (Phi) is 2.75. The molecule has 1 aromatic carbocycles. The number of hydrogen-bond donors (Lipinski definition) is 0. The second kappa shape index (κ2) is 4.32. The monoisotopic (exact) mass is 308 g/mol. The maximum atomic E-state index is 6.18. The third-order valence-electron chi connectivity index (χ3n) is 4.89. The molecule has 5 atom stereocenters. The lowest BCUT2D eigenvalue weighted by atomic mass is 9.88. The third kappa shape index (κ3) is 1.68. The Morgan fingerprint density at radius 2 is 2.11 bits per heavy atom. The van der Waals surface area contributed by atoms with Gasteiger partial charge in [-0.25, -0.2) is 0 Å². The second-order valence-corrected chi connectivity index (χ2v) is 6.67. The van der Waals surface area contributed by atoms with E-state index in [1.54, 1.807) is 0 Å². The van der Waals surface area contributed by atoms with Gasteiger partial charge in [-0.3, -0.25) is 0 Å². The summed E-state index contributed by atoms with van der Waals surface area (Å²) in [5, 5.41) is 0. The standard InChI is InChI=1S/C15H17BrO2/c16-13-4-2-1-3-9(13)7-17-14-10-5-11-8-18-15(14)12(11)6-10/h1-4,10-12,14-15H,5-8H2. The van der Waals surface area contributed by atoms with Crippen LogP contribution >= 0.6 is 15.9 Å². The first-order chi connectivity index (χ1) is 8.83. The summed E-state index contributed by atoms with van der Waals surface area (Å²) in [7, 11) is 0. The lowest BCUT2D eigenvalue weighted by Gasteiger charge is -2.27. The number of rotatable bonds is 3. The van der Waals surface area contributed by atoms with Gasteiger partial charge in [-0.2, -0.15) is 0 Å². The highest BCUT2D eigenvalue weighted by Crippen LogP contribution is 2.54. The number of fused-ring (bicyclic) bond motifs is 1. The molecule has 2 aliphatic carbocycles. The van der Waals surface area contributed by atoms with E-state index in [9.17, 15) is 0 Å². The topological polar surface area (TPSA) is 18.5 Å². The van der Waals surface area contributed by atoms with Crippen molar-refractivity contribution in [2.75, 3.05) is 6.61 Å². The van der Waals surface area contributed by atoms with Crippen molar-refractivity contribution >= 4 is 15.9 Å². The maximum absolute atomic E-state index is 6.18. The smallest absolute Gasteiger partial charge is 0.0872 e. The highest BCUT2D eigenvalue weighted by Gasteiger charge is 2.57. The van der Waals surface area contributed by atoms with Crippen LogP contribution in [0.3, 0.4) is 0 Å². The van der Waals surface area contributed by atoms with Crippen LogP contribution in [0.1, 0.15) is 18.4 Å². The van der Waals surface area contributed by atoms with E-state index in [0.29, 0.717) is 18.8 Å². The van der Waals surface area contributed by atoms with Crippen LogP contribution in [-0.4, -0.2) is 18.8 Å². The van der Waals surface area contributed by atoms with Crippen LogP contribution < -0.4 is 0 Å². The molecule has 96 valence electrons. The van der Waals surface area contributed by atoms with Crippen LogP contribution in [0.25, 0.3) is 0 Å². The molecule has 0 amide bonds. The SMILES string of the molecule is Brc1ccccc1COC1C2CC3COC1C3C2. The molecule has 0 radical (unpaired) electrons. The number of benzene rings is 1. The van der Waals surface area contributed by atoms with Crippen molar-refractivity contribution in [2.24, 2.45) is 17.8 Å². The van der Waals surface area contributed by atoms with Crippen molar-refractivity contribution in [1.29, 1.82) is 0 Å². The highest BCUT2D eigenvalue weighted by atomic mass is 79.9. The van der Waals surface area contributed by atoms with E-state index in [0.717, 1.165) is 28.8 Å². The minimum absolute atomic E-state index is 0.334. The van der Waals surface area contributed by atoms with Crippen molar-refractivity contribution in [3.05, 3.63) is 34.3 Å². The van der Waals surface area contributed by atoms with Gasteiger partial charge in [0.25, 0.3) is 0 Å². The Balaban J connectivity index is 1.46. The first-order valence-corrected chi connectivity index (χ1v) is 7.59. The summed E-state index contributed by atoms with van der Waals surface area (Å²) in [6.45, 7) is 1.67. The fraction of sp³-hybridized carbons (Fsp3) is 0.600. The van der Waals surface area contributed by atoms with Gasteiger partial charge in [0.15, 0.2) is 0 Å². The second-order valence-electron chi connectivity index (χ2n) is 5.82. The van der Waals surface area contributed by atoms with Gasteiger partial charge >= 0.3 is 0 Å². The molecule has 0 spiro atoms. The van der Waals surface area contributed by atoms with Gasteiger partial charge in [0.05, 0.1) is 25.4 Å². The highest BCUT2D eigenvalue weighted by molar-refractivity contribution is 9.10. The van der Waals surface area contributed by atoms with Crippen LogP contribution in [0, 0.1) is 17.8 Å². The molecule has 0 N–H and O–H groups in total. The molecule has 3 aliphatic rings. The summed E-state index contributed by atoms with van der Waals surface area (Å²) in [6.07, 6.45) is 3.37. The molecular weight excluding hydrogens is 292 g/mol. The maximum Gasteiger partial charge on any atom is 0.0872 e. The molecule has 2 saturated carbocycles. The van der Waals surface area contributed by atoms with Crippen molar-refractivity contribution in [3.63, 3.8) is 0 Å². The van der Waals surface area contributed by atoms with Gasteiger partial charge in [0, 0.05) is 4.47 Å². The summed E-state index contributed by atoms with van der Waals surface area (Å²) < 4.78 is 13.2. The molecule has 1 aromatic rings. The zero-order valence-corrected chi connectivity index (χ0v) is 11.8. The van der Waals surface area contributed by atoms with Crippen molar-refractivity contribution in [2.45, 2.75) is 31.7 Å². The van der Waals surface area contributed by atoms with Gasteiger partial charge in [0.1, 0.15) is 0 Å². The molecule has 1 aliphatic heterocycles. The fourth-order valence-corrected chi connectivity index (χ4v) is 4.46. The molecule has 0 aromatic heterocycles. The zero-order valence-electron chi connectivity index (χ0n) is 10.2. The van der Waals surface area contributed by atoms with Gasteiger partial charge in [0.2, 0.25) is 0 Å². The predicted octanol–water partition coefficient (Wildman–Crippen LogP) is 3.39. The molecule has 18 heavy (non-hydrogen) atoms. The Morgan fingerprint density at radius 3 is 3.00 bits per heavy atom. The van der Waals surface area contributed by atoms with Crippen molar-refractivity contribution in [1.82, 2.24) is 0 Å². The Morgan fingerprint density at radius 1 is 1.22 bits per heavy atom. The van der Waals surface area contributed by atoms with E-state index in [1.807, 2.05) is 6.07 Å². The first-order valence-electron chi connectivity index (χ1n) is 6.79. The molecule has 3 heteroatoms. The van der Waals surface area contributed by atoms with Gasteiger partial charge in [-0.05, 0) is 42.2 Å². The predicted molar refractivity (Wildman–Crippen MR) is 72.2 cm³/mol. The summed E-state index contributed by atoms with van der Waals surface area (Å²) in [5.74, 6) is 2.37. The largest absolute Gasteiger partial charge is 0.375 e. The number of hydrogen-bond acceptors (Lipinski definition) is 2. The lowest BCUT2D eigenvalue weighted by molar-refractivity contribution is -0.0650. The lowest BCUT2D eigenvalue weighted by Crippen LogP contribution is -2.34. The molecule has 1 heterocycles. The third-order valence-corrected chi connectivity index (χ3v) is 5.66. The molecular formula is C15H17BrO2. The molecule has 2 nitrogen and oxygen atoms in total. The van der Waals surface area contributed by atoms with Gasteiger partial charge < -0.3 is 9.47 Å². The van der Waals surface area contributed by atoms with Crippen molar-refractivity contribution in [3.8, 4) is 0 Å². The summed E-state index contributed by atoms with van der Waals surface area (Å²) in [6, 6.07) is 8.29. The van der Waals surface area contributed by atoms with E-state index in [2.05, 4.69) is 34.1 Å². The van der Waals surface area contributed by atoms with E-state index >= 15 is 0 Å². The Bertz CT molecular complexity index is 460. The first kappa shape index (κ1) is 11.4. The van der Waals surface area contributed by atoms with Crippen LogP contribution in [0.2, 0.25) is 0 Å². The minimum Gasteiger partial charge on any atom is -0.375 e. The fourth-order valence-electron chi connectivity index (χ4n) is 4.06. The van der Waals surface area contributed by atoms with Crippen molar-refractivity contribution < 1.29 is 9.47 Å². The molecule has 3 fully saturated rings. The van der Waals surface area contributed by atoms with Gasteiger partial charge in [-0.1, -0.05) is 34.1 Å². The Hall–Kier alpha value is -0.380. The average Bonchev–Trinajstić information content (AvgIpc) is 2.98. The van der Waals surface area contributed by atoms with Crippen LogP contribution in [-0.2, 0) is 16.1 Å². The zero-order chi connectivity index (χ0) is 12.1. The molecule has 1 saturated heterocycles. The van der Waals surface area contributed by atoms with Gasteiger partial charge in [-0.15, -0.1) is 0 Å². The van der Waals surface area contributed by atoms with Crippen LogP contribution in [0.5, 0.6) is 0 Å². The van der Waals surface area contributed by atoms with Crippen LogP contribution in [0.4, 0.5) is 0 Å². The quantitative estimate of drug-likeness (QED) is 0.852. The normalized spacial score (nSPS) is 40.6. The molecule has 5 unspecified atom stereocenters. The summed E-state index contributed by atoms with van der Waals surface area (Å²) in [5.41, 5.74) is 1.23. The van der Waals surface area contributed by atoms with E-state index in [4.69, 9.17) is 9.47 Å². The Labute approximate surface area is 116 Å². The number of ether oxygens (including phenoxy) is 2. The van der Waals surface area contributed by atoms with E-state index in [1.165, 1.54) is 18.4 Å². The van der Waals surface area contributed by atoms with Crippen LogP contribution in [0.15, 0.2) is 28.7 Å². The van der Waals surface area contributed by atoms with E-state index < -0.39 is 0 Å². The summed E-state index contributed by atoms with van der Waals surface area (Å²) in [4.78, 5) is 0. The number of halogens is 1. The molecule has 2 bridgehead atoms. The summed E-state index contributed by atoms with van der Waals surface area (Å²) >= 11 is 3.58.